The van der Waals surface area contributed by atoms with Gasteiger partial charge in [0.2, 0.25) is 5.91 Å². The molecule has 1 fully saturated rings. The number of hydrazine groups is 1. The Morgan fingerprint density at radius 3 is 1.97 bits per heavy atom. The second-order valence-electron chi connectivity index (χ2n) is 9.79. The van der Waals surface area contributed by atoms with Crippen molar-refractivity contribution in [2.75, 3.05) is 27.2 Å². The van der Waals surface area contributed by atoms with Crippen molar-refractivity contribution >= 4 is 11.8 Å². The molecule has 0 spiro atoms. The van der Waals surface area contributed by atoms with E-state index in [0.717, 1.165) is 42.6 Å². The van der Waals surface area contributed by atoms with Gasteiger partial charge in [-0.1, -0.05) is 91.3 Å². The van der Waals surface area contributed by atoms with Crippen molar-refractivity contribution < 1.29 is 9.59 Å². The van der Waals surface area contributed by atoms with Crippen molar-refractivity contribution in [2.24, 2.45) is 0 Å². The van der Waals surface area contributed by atoms with E-state index >= 15 is 0 Å². The smallest absolute Gasteiger partial charge is 0.257 e. The Bertz CT molecular complexity index is 1130. The van der Waals surface area contributed by atoms with Gasteiger partial charge in [0, 0.05) is 26.6 Å². The van der Waals surface area contributed by atoms with Crippen LogP contribution in [0.25, 0.3) is 11.1 Å². The Hall–Kier alpha value is -3.48. The van der Waals surface area contributed by atoms with Gasteiger partial charge < -0.3 is 10.2 Å². The summed E-state index contributed by atoms with van der Waals surface area (Å²) in [7, 11) is 3.54. The number of hydrogen-bond donors (Lipinski definition) is 2. The van der Waals surface area contributed by atoms with E-state index < -0.39 is 12.1 Å². The molecule has 2 amide bonds. The maximum Gasteiger partial charge on any atom is 0.257 e. The molecular formula is C31H38N4O2. The van der Waals surface area contributed by atoms with E-state index in [2.05, 4.69) is 47.1 Å². The minimum Gasteiger partial charge on any atom is -0.332 e. The second kappa shape index (κ2) is 13.2. The zero-order valence-corrected chi connectivity index (χ0v) is 21.9. The van der Waals surface area contributed by atoms with Crippen LogP contribution in [0.15, 0.2) is 84.9 Å². The molecular weight excluding hydrogens is 460 g/mol. The molecule has 1 aliphatic heterocycles. The third kappa shape index (κ3) is 7.28. The molecule has 3 aromatic carbocycles. The summed E-state index contributed by atoms with van der Waals surface area (Å²) in [5.74, 6) is -0.229. The molecule has 0 radical (unpaired) electrons. The van der Waals surface area contributed by atoms with E-state index in [1.807, 2.05) is 53.5 Å². The molecule has 1 saturated heterocycles. The molecule has 2 N–H and O–H groups in total. The first-order valence-corrected chi connectivity index (χ1v) is 13.2. The van der Waals surface area contributed by atoms with Crippen LogP contribution in [0.1, 0.15) is 30.4 Å². The van der Waals surface area contributed by atoms with Crippen molar-refractivity contribution in [3.8, 4) is 11.1 Å². The number of carbonyl (C=O) groups excluding carboxylic acids is 2. The molecule has 1 heterocycles. The molecule has 37 heavy (non-hydrogen) atoms. The maximum absolute atomic E-state index is 13.7. The van der Waals surface area contributed by atoms with E-state index in [4.69, 9.17) is 0 Å². The van der Waals surface area contributed by atoms with Gasteiger partial charge in [-0.2, -0.15) is 0 Å². The zero-order chi connectivity index (χ0) is 26.0. The average Bonchev–Trinajstić information content (AvgIpc) is 2.95. The summed E-state index contributed by atoms with van der Waals surface area (Å²) < 4.78 is 0. The van der Waals surface area contributed by atoms with Crippen molar-refractivity contribution in [1.82, 2.24) is 20.7 Å². The van der Waals surface area contributed by atoms with Crippen LogP contribution in [0, 0.1) is 0 Å². The van der Waals surface area contributed by atoms with E-state index in [1.54, 1.807) is 19.0 Å². The molecule has 3 aromatic rings. The van der Waals surface area contributed by atoms with Crippen LogP contribution in [0.4, 0.5) is 0 Å². The Morgan fingerprint density at radius 1 is 0.784 bits per heavy atom. The zero-order valence-electron chi connectivity index (χ0n) is 21.9. The molecule has 6 nitrogen and oxygen atoms in total. The molecule has 0 saturated carbocycles. The van der Waals surface area contributed by atoms with Gasteiger partial charge in [-0.15, -0.1) is 0 Å². The van der Waals surface area contributed by atoms with Gasteiger partial charge in [0.15, 0.2) is 0 Å². The van der Waals surface area contributed by atoms with Crippen LogP contribution in [0.2, 0.25) is 0 Å². The number of rotatable bonds is 10. The predicted octanol–water partition coefficient (Wildman–Crippen LogP) is 4.07. The van der Waals surface area contributed by atoms with Crippen molar-refractivity contribution in [2.45, 2.75) is 44.2 Å². The Kier molecular flexibility index (Phi) is 9.46. The SMILES string of the molecule is CN[C@H](Cc1ccc(-c2ccccc2)cc1)C(=O)N(C)[C@H](Cc1ccccc1)C(=O)NN1CCCCC1. The first kappa shape index (κ1) is 26.6. The highest BCUT2D eigenvalue weighted by Gasteiger charge is 2.32. The Morgan fingerprint density at radius 2 is 1.35 bits per heavy atom. The summed E-state index contributed by atoms with van der Waals surface area (Å²) in [6.07, 6.45) is 4.34. The number of nitrogens with zero attached hydrogens (tertiary/aromatic N) is 2. The molecule has 0 bridgehead atoms. The van der Waals surface area contributed by atoms with Gasteiger partial charge >= 0.3 is 0 Å². The van der Waals surface area contributed by atoms with Gasteiger partial charge in [-0.25, -0.2) is 5.01 Å². The quantitative estimate of drug-likeness (QED) is 0.442. The monoisotopic (exact) mass is 498 g/mol. The van der Waals surface area contributed by atoms with Crippen LogP contribution < -0.4 is 10.7 Å². The lowest BCUT2D eigenvalue weighted by atomic mass is 9.99. The van der Waals surface area contributed by atoms with Crippen LogP contribution >= 0.6 is 0 Å². The van der Waals surface area contributed by atoms with Gasteiger partial charge in [0.05, 0.1) is 6.04 Å². The fraction of sp³-hybridized carbons (Fsp3) is 0.355. The number of nitrogens with one attached hydrogen (secondary N) is 2. The first-order chi connectivity index (χ1) is 18.0. The molecule has 0 aliphatic carbocycles. The van der Waals surface area contributed by atoms with Gasteiger partial charge in [-0.3, -0.25) is 15.0 Å². The fourth-order valence-electron chi connectivity index (χ4n) is 4.89. The molecule has 6 heteroatoms. The third-order valence-corrected chi connectivity index (χ3v) is 7.16. The van der Waals surface area contributed by atoms with E-state index in [-0.39, 0.29) is 11.8 Å². The van der Waals surface area contributed by atoms with Gasteiger partial charge in [0.1, 0.15) is 6.04 Å². The lowest BCUT2D eigenvalue weighted by molar-refractivity contribution is -0.142. The summed E-state index contributed by atoms with van der Waals surface area (Å²) in [4.78, 5) is 28.7. The maximum atomic E-state index is 13.7. The highest BCUT2D eigenvalue weighted by molar-refractivity contribution is 5.90. The standard InChI is InChI=1S/C31H38N4O2/c1-32-28(22-25-16-18-27(19-17-25)26-14-8-4-9-15-26)31(37)34(2)29(23-24-12-6-3-7-13-24)30(36)33-35-20-10-5-11-21-35/h3-4,6-9,12-19,28-29,32H,5,10-11,20-23H2,1-2H3,(H,33,36)/t28-,29-/m1/s1. The lowest BCUT2D eigenvalue weighted by Crippen LogP contribution is -2.57. The topological polar surface area (TPSA) is 64.7 Å². The highest BCUT2D eigenvalue weighted by Crippen LogP contribution is 2.20. The number of likely N-dealkylation sites (N-methyl/N-ethyl adjacent to an activating group) is 2. The Labute approximate surface area is 220 Å². The minimum absolute atomic E-state index is 0.0932. The van der Waals surface area contributed by atoms with Crippen molar-refractivity contribution in [3.05, 3.63) is 96.1 Å². The van der Waals surface area contributed by atoms with Crippen molar-refractivity contribution in [3.63, 3.8) is 0 Å². The van der Waals surface area contributed by atoms with Crippen LogP contribution in [0.3, 0.4) is 0 Å². The Balaban J connectivity index is 1.47. The van der Waals surface area contributed by atoms with Crippen LogP contribution in [0.5, 0.6) is 0 Å². The molecule has 0 aromatic heterocycles. The molecule has 4 rings (SSSR count). The van der Waals surface area contributed by atoms with Crippen molar-refractivity contribution in [1.29, 1.82) is 0 Å². The van der Waals surface area contributed by atoms with E-state index in [1.165, 1.54) is 12.0 Å². The third-order valence-electron chi connectivity index (χ3n) is 7.16. The minimum atomic E-state index is -0.604. The van der Waals surface area contributed by atoms with Gasteiger partial charge in [0.25, 0.3) is 5.91 Å². The van der Waals surface area contributed by atoms with Crippen LogP contribution in [-0.4, -0.2) is 61.0 Å². The summed E-state index contributed by atoms with van der Waals surface area (Å²) in [6.45, 7) is 1.69. The summed E-state index contributed by atoms with van der Waals surface area (Å²) in [6, 6.07) is 27.4. The first-order valence-electron chi connectivity index (χ1n) is 13.2. The number of hydrogen-bond acceptors (Lipinski definition) is 4. The number of amides is 2. The highest BCUT2D eigenvalue weighted by atomic mass is 16.2. The molecule has 1 aliphatic rings. The van der Waals surface area contributed by atoms with Crippen LogP contribution in [-0.2, 0) is 22.4 Å². The second-order valence-corrected chi connectivity index (χ2v) is 9.79. The largest absolute Gasteiger partial charge is 0.332 e. The number of benzene rings is 3. The normalized spacial score (nSPS) is 15.5. The lowest BCUT2D eigenvalue weighted by Gasteiger charge is -2.34. The fourth-order valence-corrected chi connectivity index (χ4v) is 4.89. The number of piperidine rings is 1. The molecule has 0 unspecified atom stereocenters. The van der Waals surface area contributed by atoms with E-state index in [0.29, 0.717) is 12.8 Å². The molecule has 194 valence electrons. The summed E-state index contributed by atoms with van der Waals surface area (Å²) >= 11 is 0. The average molecular weight is 499 g/mol. The number of carbonyl (C=O) groups is 2. The predicted molar refractivity (Wildman–Crippen MR) is 149 cm³/mol. The van der Waals surface area contributed by atoms with Gasteiger partial charge in [-0.05, 0) is 48.6 Å². The van der Waals surface area contributed by atoms with E-state index in [9.17, 15) is 9.59 Å². The summed E-state index contributed by atoms with van der Waals surface area (Å²) in [5, 5.41) is 5.18. The summed E-state index contributed by atoms with van der Waals surface area (Å²) in [5.41, 5.74) is 7.49. The molecule has 2 atom stereocenters.